The first-order chi connectivity index (χ1) is 17.9. The van der Waals surface area contributed by atoms with Crippen LogP contribution in [-0.2, 0) is 14.8 Å². The van der Waals surface area contributed by atoms with Crippen LogP contribution in [0, 0.1) is 6.92 Å². The molecular weight excluding hydrogens is 488 g/mol. The number of nitrogens with one attached hydrogen (secondary N) is 1. The van der Waals surface area contributed by atoms with E-state index >= 15 is 0 Å². The first-order valence-electron chi connectivity index (χ1n) is 12.1. The van der Waals surface area contributed by atoms with Crippen molar-refractivity contribution in [3.05, 3.63) is 96.6 Å². The number of amides is 1. The van der Waals surface area contributed by atoms with Crippen molar-refractivity contribution in [2.24, 2.45) is 0 Å². The molecular formula is C29H30N2O5S. The van der Waals surface area contributed by atoms with Gasteiger partial charge in [-0.25, -0.2) is 8.42 Å². The van der Waals surface area contributed by atoms with E-state index in [0.29, 0.717) is 18.0 Å². The number of carbonyl (C=O) groups excluding carboxylic acids is 1. The Labute approximate surface area is 217 Å². The van der Waals surface area contributed by atoms with E-state index in [4.69, 9.17) is 9.47 Å². The molecule has 0 aliphatic heterocycles. The van der Waals surface area contributed by atoms with Crippen LogP contribution in [0.5, 0.6) is 11.5 Å². The van der Waals surface area contributed by atoms with E-state index in [2.05, 4.69) is 5.32 Å². The van der Waals surface area contributed by atoms with Crippen LogP contribution in [-0.4, -0.2) is 40.6 Å². The lowest BCUT2D eigenvalue weighted by Crippen LogP contribution is -2.41. The van der Waals surface area contributed by atoms with Crippen molar-refractivity contribution in [2.45, 2.75) is 18.7 Å². The van der Waals surface area contributed by atoms with E-state index in [1.807, 2.05) is 56.3 Å². The maximum atomic E-state index is 13.5. The second kappa shape index (κ2) is 11.8. The average Bonchev–Trinajstić information content (AvgIpc) is 2.91. The zero-order chi connectivity index (χ0) is 26.3. The number of nitrogens with zero attached hydrogens (tertiary/aromatic N) is 1. The summed E-state index contributed by atoms with van der Waals surface area (Å²) in [5.74, 6) is 0.908. The van der Waals surface area contributed by atoms with Crippen LogP contribution in [0.25, 0.3) is 10.8 Å². The Hall–Kier alpha value is -4.04. The van der Waals surface area contributed by atoms with Crippen molar-refractivity contribution < 1.29 is 22.7 Å². The van der Waals surface area contributed by atoms with Crippen LogP contribution in [0.2, 0.25) is 0 Å². The van der Waals surface area contributed by atoms with Crippen LogP contribution in [0.4, 0.5) is 5.69 Å². The van der Waals surface area contributed by atoms with Crippen molar-refractivity contribution >= 4 is 32.4 Å². The number of benzene rings is 4. The van der Waals surface area contributed by atoms with Gasteiger partial charge in [0.05, 0.1) is 23.7 Å². The van der Waals surface area contributed by atoms with Gasteiger partial charge in [0.25, 0.3) is 10.0 Å². The van der Waals surface area contributed by atoms with Gasteiger partial charge in [-0.2, -0.15) is 0 Å². The lowest BCUT2D eigenvalue weighted by Gasteiger charge is -2.24. The predicted octanol–water partition coefficient (Wildman–Crippen LogP) is 4.94. The number of aryl methyl sites for hydroxylation is 1. The molecule has 0 bridgehead atoms. The van der Waals surface area contributed by atoms with Gasteiger partial charge >= 0.3 is 0 Å². The molecule has 0 aliphatic carbocycles. The van der Waals surface area contributed by atoms with Gasteiger partial charge in [0.1, 0.15) is 24.7 Å². The van der Waals surface area contributed by atoms with Gasteiger partial charge in [0.15, 0.2) is 0 Å². The van der Waals surface area contributed by atoms with Gasteiger partial charge in [-0.15, -0.1) is 0 Å². The number of rotatable bonds is 11. The lowest BCUT2D eigenvalue weighted by molar-refractivity contribution is -0.119. The fraction of sp³-hybridized carbons (Fsp3) is 0.207. The summed E-state index contributed by atoms with van der Waals surface area (Å²) in [7, 11) is -3.99. The molecule has 0 spiro atoms. The van der Waals surface area contributed by atoms with Crippen molar-refractivity contribution in [3.8, 4) is 11.5 Å². The Morgan fingerprint density at radius 1 is 0.865 bits per heavy atom. The second-order valence-corrected chi connectivity index (χ2v) is 10.3. The Bertz CT molecular complexity index is 1450. The third-order valence-corrected chi connectivity index (χ3v) is 7.55. The Balaban J connectivity index is 1.45. The van der Waals surface area contributed by atoms with Crippen LogP contribution in [0.3, 0.4) is 0 Å². The topological polar surface area (TPSA) is 84.9 Å². The molecule has 8 heteroatoms. The molecule has 4 aromatic carbocycles. The summed E-state index contributed by atoms with van der Waals surface area (Å²) < 4.78 is 39.5. The van der Waals surface area contributed by atoms with Crippen LogP contribution < -0.4 is 19.1 Å². The van der Waals surface area contributed by atoms with Crippen molar-refractivity contribution in [2.75, 3.05) is 30.6 Å². The number of carbonyl (C=O) groups is 1. The molecule has 0 unspecified atom stereocenters. The zero-order valence-electron chi connectivity index (χ0n) is 20.9. The standard InChI is InChI=1S/C29H30N2O5S/c1-3-35-25-15-13-24(14-16-25)31(37(33,34)26-17-11-22(2)12-18-26)21-29(32)30-19-20-36-28-10-6-8-23-7-4-5-9-27(23)28/h4-18H,3,19-21H2,1-2H3,(H,30,32). The number of ether oxygens (including phenoxy) is 2. The molecule has 4 rings (SSSR count). The van der Waals surface area contributed by atoms with Crippen LogP contribution in [0.15, 0.2) is 95.9 Å². The van der Waals surface area contributed by atoms with Gasteiger partial charge in [0.2, 0.25) is 5.91 Å². The Morgan fingerprint density at radius 2 is 1.57 bits per heavy atom. The van der Waals surface area contributed by atoms with E-state index in [1.165, 1.54) is 0 Å². The van der Waals surface area contributed by atoms with Crippen molar-refractivity contribution in [1.29, 1.82) is 0 Å². The fourth-order valence-electron chi connectivity index (χ4n) is 3.89. The minimum atomic E-state index is -3.99. The molecule has 7 nitrogen and oxygen atoms in total. The first-order valence-corrected chi connectivity index (χ1v) is 13.5. The van der Waals surface area contributed by atoms with Crippen LogP contribution in [0.1, 0.15) is 12.5 Å². The summed E-state index contributed by atoms with van der Waals surface area (Å²) >= 11 is 0. The van der Waals surface area contributed by atoms with E-state index in [0.717, 1.165) is 26.4 Å². The third kappa shape index (κ3) is 6.40. The van der Waals surface area contributed by atoms with Gasteiger partial charge in [-0.3, -0.25) is 9.10 Å². The molecule has 1 N–H and O–H groups in total. The van der Waals surface area contributed by atoms with Gasteiger partial charge < -0.3 is 14.8 Å². The molecule has 0 aliphatic rings. The molecule has 0 aromatic heterocycles. The average molecular weight is 519 g/mol. The highest BCUT2D eigenvalue weighted by Crippen LogP contribution is 2.27. The summed E-state index contributed by atoms with van der Waals surface area (Å²) in [4.78, 5) is 13.0. The molecule has 0 fully saturated rings. The summed E-state index contributed by atoms with van der Waals surface area (Å²) in [6, 6.07) is 26.9. The maximum absolute atomic E-state index is 13.5. The summed E-state index contributed by atoms with van der Waals surface area (Å²) in [6.07, 6.45) is 0. The quantitative estimate of drug-likeness (QED) is 0.285. The number of sulfonamides is 1. The SMILES string of the molecule is CCOc1ccc(N(CC(=O)NCCOc2cccc3ccccc23)S(=O)(=O)c2ccc(C)cc2)cc1. The predicted molar refractivity (Wildman–Crippen MR) is 146 cm³/mol. The number of anilines is 1. The first kappa shape index (κ1) is 26.0. The molecule has 4 aromatic rings. The maximum Gasteiger partial charge on any atom is 0.264 e. The van der Waals surface area contributed by atoms with Crippen molar-refractivity contribution in [3.63, 3.8) is 0 Å². The van der Waals surface area contributed by atoms with Gasteiger partial charge in [-0.05, 0) is 61.7 Å². The van der Waals surface area contributed by atoms with Crippen molar-refractivity contribution in [1.82, 2.24) is 5.32 Å². The van der Waals surface area contributed by atoms with Gasteiger partial charge in [-0.1, -0.05) is 54.1 Å². The minimum Gasteiger partial charge on any atom is -0.494 e. The largest absolute Gasteiger partial charge is 0.494 e. The minimum absolute atomic E-state index is 0.110. The monoisotopic (exact) mass is 518 g/mol. The zero-order valence-corrected chi connectivity index (χ0v) is 21.7. The highest BCUT2D eigenvalue weighted by molar-refractivity contribution is 7.92. The molecule has 0 saturated heterocycles. The van der Waals surface area contributed by atoms with E-state index in [9.17, 15) is 13.2 Å². The van der Waals surface area contributed by atoms with E-state index < -0.39 is 15.9 Å². The highest BCUT2D eigenvalue weighted by atomic mass is 32.2. The highest BCUT2D eigenvalue weighted by Gasteiger charge is 2.27. The van der Waals surface area contributed by atoms with Crippen LogP contribution >= 0.6 is 0 Å². The number of hydrogen-bond donors (Lipinski definition) is 1. The van der Waals surface area contributed by atoms with Gasteiger partial charge in [0, 0.05) is 5.39 Å². The number of fused-ring (bicyclic) bond motifs is 1. The summed E-state index contributed by atoms with van der Waals surface area (Å²) in [5, 5.41) is 4.83. The second-order valence-electron chi connectivity index (χ2n) is 8.43. The normalized spacial score (nSPS) is 11.2. The Kier molecular flexibility index (Phi) is 8.30. The molecule has 192 valence electrons. The molecule has 0 radical (unpaired) electrons. The smallest absolute Gasteiger partial charge is 0.264 e. The fourth-order valence-corrected chi connectivity index (χ4v) is 5.31. The van der Waals surface area contributed by atoms with E-state index in [1.54, 1.807) is 48.5 Å². The van der Waals surface area contributed by atoms with E-state index in [-0.39, 0.29) is 24.6 Å². The molecule has 0 saturated carbocycles. The molecule has 0 atom stereocenters. The molecule has 0 heterocycles. The summed E-state index contributed by atoms with van der Waals surface area (Å²) in [6.45, 7) is 4.34. The molecule has 1 amide bonds. The molecule has 37 heavy (non-hydrogen) atoms. The lowest BCUT2D eigenvalue weighted by atomic mass is 10.1. The number of hydrogen-bond acceptors (Lipinski definition) is 5. The summed E-state index contributed by atoms with van der Waals surface area (Å²) in [5.41, 5.74) is 1.31. The third-order valence-electron chi connectivity index (χ3n) is 5.76. The Morgan fingerprint density at radius 3 is 2.30 bits per heavy atom.